The van der Waals surface area contributed by atoms with Crippen LogP contribution in [0.1, 0.15) is 10.5 Å². The monoisotopic (exact) mass is 264 g/mol. The Morgan fingerprint density at radius 3 is 2.79 bits per heavy atom. The highest BCUT2D eigenvalue weighted by atomic mass is 16.1. The number of aromatic nitrogens is 2. The van der Waals surface area contributed by atoms with Gasteiger partial charge in [0.1, 0.15) is 0 Å². The molecule has 7 heteroatoms. The third-order valence-electron chi connectivity index (χ3n) is 3.24. The molecule has 2 rings (SSSR count). The molecule has 19 heavy (non-hydrogen) atoms. The molecule has 0 aliphatic carbocycles. The van der Waals surface area contributed by atoms with E-state index in [0.29, 0.717) is 5.82 Å². The maximum Gasteiger partial charge on any atom is 0.271 e. The maximum atomic E-state index is 11.3. The Hall–Kier alpha value is -1.73. The van der Waals surface area contributed by atoms with Crippen LogP contribution in [0.25, 0.3) is 0 Å². The fraction of sp³-hybridized carbons (Fsp3) is 0.583. The van der Waals surface area contributed by atoms with Gasteiger partial charge in [0.25, 0.3) is 5.91 Å². The largest absolute Gasteiger partial charge is 0.364 e. The zero-order chi connectivity index (χ0) is 13.7. The first-order chi connectivity index (χ1) is 9.18. The summed E-state index contributed by atoms with van der Waals surface area (Å²) in [6.45, 7) is 5.89. The number of piperazine rings is 1. The number of anilines is 1. The van der Waals surface area contributed by atoms with E-state index in [2.05, 4.69) is 20.2 Å². The van der Waals surface area contributed by atoms with E-state index in [4.69, 9.17) is 5.73 Å². The van der Waals surface area contributed by atoms with Crippen molar-refractivity contribution in [2.45, 2.75) is 0 Å². The van der Waals surface area contributed by atoms with Gasteiger partial charge >= 0.3 is 0 Å². The number of nitrogens with two attached hydrogens (primary N) is 1. The summed E-state index contributed by atoms with van der Waals surface area (Å²) in [4.78, 5) is 23.8. The molecule has 1 saturated heterocycles. The van der Waals surface area contributed by atoms with Crippen LogP contribution < -0.4 is 16.0 Å². The minimum atomic E-state index is -0.544. The van der Waals surface area contributed by atoms with Gasteiger partial charge in [-0.05, 0) is 0 Å². The molecule has 1 aliphatic heterocycles. The van der Waals surface area contributed by atoms with Crippen molar-refractivity contribution in [2.75, 3.05) is 51.2 Å². The molecule has 1 aliphatic rings. The molecule has 3 N–H and O–H groups in total. The highest BCUT2D eigenvalue weighted by molar-refractivity contribution is 5.95. The van der Waals surface area contributed by atoms with E-state index in [1.807, 2.05) is 11.9 Å². The fourth-order valence-electron chi connectivity index (χ4n) is 2.12. The van der Waals surface area contributed by atoms with Crippen molar-refractivity contribution in [1.29, 1.82) is 0 Å². The summed E-state index contributed by atoms with van der Waals surface area (Å²) >= 11 is 0. The minimum Gasteiger partial charge on any atom is -0.364 e. The SMILES string of the molecule is CN(CCN1CCNCC1)c1nccnc1C(N)=O. The number of primary amides is 1. The number of rotatable bonds is 5. The Labute approximate surface area is 112 Å². The first-order valence-corrected chi connectivity index (χ1v) is 6.43. The summed E-state index contributed by atoms with van der Waals surface area (Å²) in [5, 5.41) is 3.32. The van der Waals surface area contributed by atoms with Crippen LogP contribution in [0.15, 0.2) is 12.4 Å². The zero-order valence-electron chi connectivity index (χ0n) is 11.2. The van der Waals surface area contributed by atoms with Gasteiger partial charge in [-0.2, -0.15) is 0 Å². The molecule has 0 radical (unpaired) electrons. The molecule has 1 fully saturated rings. The predicted octanol–water partition coefficient (Wildman–Crippen LogP) is -1.08. The van der Waals surface area contributed by atoms with E-state index in [1.165, 1.54) is 6.20 Å². The van der Waals surface area contributed by atoms with Crippen LogP contribution in [0.3, 0.4) is 0 Å². The summed E-state index contributed by atoms with van der Waals surface area (Å²) in [7, 11) is 1.90. The number of hydrogen-bond acceptors (Lipinski definition) is 6. The fourth-order valence-corrected chi connectivity index (χ4v) is 2.12. The summed E-state index contributed by atoms with van der Waals surface area (Å²) in [5.74, 6) is 0.00209. The van der Waals surface area contributed by atoms with Gasteiger partial charge in [-0.1, -0.05) is 0 Å². The second-order valence-electron chi connectivity index (χ2n) is 4.61. The number of hydrogen-bond donors (Lipinski definition) is 2. The number of nitrogens with zero attached hydrogens (tertiary/aromatic N) is 4. The lowest BCUT2D eigenvalue weighted by Crippen LogP contribution is -2.46. The normalized spacial score (nSPS) is 16.3. The Morgan fingerprint density at radius 2 is 2.11 bits per heavy atom. The average molecular weight is 264 g/mol. The van der Waals surface area contributed by atoms with Crippen LogP contribution in [-0.2, 0) is 0 Å². The van der Waals surface area contributed by atoms with Gasteiger partial charge in [0, 0.05) is 58.7 Å². The van der Waals surface area contributed by atoms with E-state index < -0.39 is 5.91 Å². The lowest BCUT2D eigenvalue weighted by molar-refractivity contribution is 0.0995. The van der Waals surface area contributed by atoms with Crippen molar-refractivity contribution in [1.82, 2.24) is 20.2 Å². The van der Waals surface area contributed by atoms with Crippen LogP contribution in [0.4, 0.5) is 5.82 Å². The Morgan fingerprint density at radius 1 is 1.42 bits per heavy atom. The zero-order valence-corrected chi connectivity index (χ0v) is 11.2. The molecular formula is C12H20N6O. The highest BCUT2D eigenvalue weighted by Gasteiger charge is 2.16. The molecule has 1 amide bonds. The molecule has 0 aromatic carbocycles. The van der Waals surface area contributed by atoms with Crippen molar-refractivity contribution in [3.8, 4) is 0 Å². The van der Waals surface area contributed by atoms with Gasteiger partial charge < -0.3 is 16.0 Å². The van der Waals surface area contributed by atoms with Gasteiger partial charge in [-0.15, -0.1) is 0 Å². The second-order valence-corrected chi connectivity index (χ2v) is 4.61. The number of carbonyl (C=O) groups excluding carboxylic acids is 1. The van der Waals surface area contributed by atoms with Crippen LogP contribution in [-0.4, -0.2) is 67.1 Å². The van der Waals surface area contributed by atoms with Gasteiger partial charge in [0.15, 0.2) is 11.5 Å². The first-order valence-electron chi connectivity index (χ1n) is 6.43. The average Bonchev–Trinajstić information content (AvgIpc) is 2.46. The molecule has 0 unspecified atom stereocenters. The lowest BCUT2D eigenvalue weighted by Gasteiger charge is -2.29. The van der Waals surface area contributed by atoms with Crippen LogP contribution >= 0.6 is 0 Å². The highest BCUT2D eigenvalue weighted by Crippen LogP contribution is 2.12. The third-order valence-corrected chi connectivity index (χ3v) is 3.24. The molecular weight excluding hydrogens is 244 g/mol. The Balaban J connectivity index is 1.95. The van der Waals surface area contributed by atoms with Gasteiger partial charge in [0.2, 0.25) is 0 Å². The van der Waals surface area contributed by atoms with E-state index >= 15 is 0 Å². The van der Waals surface area contributed by atoms with Crippen LogP contribution in [0, 0.1) is 0 Å². The molecule has 104 valence electrons. The summed E-state index contributed by atoms with van der Waals surface area (Å²) < 4.78 is 0. The van der Waals surface area contributed by atoms with E-state index in [9.17, 15) is 4.79 Å². The number of amides is 1. The third kappa shape index (κ3) is 3.62. The number of carbonyl (C=O) groups is 1. The lowest BCUT2D eigenvalue weighted by atomic mass is 10.3. The quantitative estimate of drug-likeness (QED) is 0.703. The first kappa shape index (κ1) is 13.7. The smallest absolute Gasteiger partial charge is 0.271 e. The molecule has 7 nitrogen and oxygen atoms in total. The molecule has 0 spiro atoms. The molecule has 1 aromatic heterocycles. The van der Waals surface area contributed by atoms with Crippen LogP contribution in [0.2, 0.25) is 0 Å². The van der Waals surface area contributed by atoms with Crippen molar-refractivity contribution >= 4 is 11.7 Å². The molecule has 1 aromatic rings. The van der Waals surface area contributed by atoms with Gasteiger partial charge in [-0.3, -0.25) is 9.69 Å². The van der Waals surface area contributed by atoms with Gasteiger partial charge in [-0.25, -0.2) is 9.97 Å². The molecule has 2 heterocycles. The number of likely N-dealkylation sites (N-methyl/N-ethyl adjacent to an activating group) is 1. The summed E-state index contributed by atoms with van der Waals surface area (Å²) in [6, 6.07) is 0. The second kappa shape index (κ2) is 6.44. The Kier molecular flexibility index (Phi) is 4.64. The summed E-state index contributed by atoms with van der Waals surface area (Å²) in [6.07, 6.45) is 3.05. The predicted molar refractivity (Wildman–Crippen MR) is 73.1 cm³/mol. The van der Waals surface area contributed by atoms with E-state index in [-0.39, 0.29) is 5.69 Å². The van der Waals surface area contributed by atoms with Crippen LogP contribution in [0.5, 0.6) is 0 Å². The van der Waals surface area contributed by atoms with E-state index in [1.54, 1.807) is 6.20 Å². The van der Waals surface area contributed by atoms with Crippen molar-refractivity contribution < 1.29 is 4.79 Å². The van der Waals surface area contributed by atoms with Crippen molar-refractivity contribution in [3.63, 3.8) is 0 Å². The number of nitrogens with one attached hydrogen (secondary N) is 1. The van der Waals surface area contributed by atoms with Gasteiger partial charge in [0.05, 0.1) is 0 Å². The molecule has 0 saturated carbocycles. The molecule has 0 atom stereocenters. The Bertz CT molecular complexity index is 432. The standard InChI is InChI=1S/C12H20N6O/c1-17(8-9-18-6-4-14-5-7-18)12-10(11(13)19)15-2-3-16-12/h2-3,14H,4-9H2,1H3,(H2,13,19). The minimum absolute atomic E-state index is 0.227. The maximum absolute atomic E-state index is 11.3. The van der Waals surface area contributed by atoms with Crippen molar-refractivity contribution in [3.05, 3.63) is 18.1 Å². The van der Waals surface area contributed by atoms with E-state index in [0.717, 1.165) is 39.3 Å². The van der Waals surface area contributed by atoms with Crippen molar-refractivity contribution in [2.24, 2.45) is 5.73 Å². The molecule has 0 bridgehead atoms. The summed E-state index contributed by atoms with van der Waals surface area (Å²) in [5.41, 5.74) is 5.53. The topological polar surface area (TPSA) is 87.4 Å².